The summed E-state index contributed by atoms with van der Waals surface area (Å²) in [5, 5.41) is 9.16. The Morgan fingerprint density at radius 3 is 2.55 bits per heavy atom. The second-order valence-corrected chi connectivity index (χ2v) is 4.97. The first kappa shape index (κ1) is 15.1. The van der Waals surface area contributed by atoms with Gasteiger partial charge in [0.25, 0.3) is 12.2 Å². The fourth-order valence-electron chi connectivity index (χ4n) is 2.85. The molecule has 1 spiro atoms. The smallest absolute Gasteiger partial charge is 0.309 e. The molecule has 2 aliphatic rings. The lowest BCUT2D eigenvalue weighted by molar-refractivity contribution is -0.289. The number of nitrogens with zero attached hydrogens (tertiary/aromatic N) is 1. The van der Waals surface area contributed by atoms with Gasteiger partial charge in [0, 0.05) is 17.5 Å². The van der Waals surface area contributed by atoms with E-state index in [0.29, 0.717) is 0 Å². The van der Waals surface area contributed by atoms with E-state index in [9.17, 15) is 17.6 Å². The van der Waals surface area contributed by atoms with Gasteiger partial charge in [-0.15, -0.1) is 0 Å². The van der Waals surface area contributed by atoms with E-state index in [4.69, 9.17) is 19.5 Å². The van der Waals surface area contributed by atoms with Crippen LogP contribution in [0.5, 0.6) is 5.75 Å². The van der Waals surface area contributed by atoms with Crippen LogP contribution in [0.2, 0.25) is 0 Å². The summed E-state index contributed by atoms with van der Waals surface area (Å²) in [4.78, 5) is 0. The Morgan fingerprint density at radius 2 is 1.95 bits per heavy atom. The van der Waals surface area contributed by atoms with Gasteiger partial charge in [-0.1, -0.05) is 0 Å². The number of alkyl halides is 4. The number of ether oxygens (including phenoxy) is 3. The van der Waals surface area contributed by atoms with Crippen LogP contribution < -0.4 is 4.74 Å². The molecule has 0 atom stereocenters. The van der Waals surface area contributed by atoms with Crippen molar-refractivity contribution in [1.82, 2.24) is 0 Å². The average molecular weight is 317 g/mol. The number of hydrogen-bond donors (Lipinski definition) is 0. The van der Waals surface area contributed by atoms with Crippen LogP contribution >= 0.6 is 0 Å². The Hall–Kier alpha value is -1.85. The summed E-state index contributed by atoms with van der Waals surface area (Å²) in [5.74, 6) is -5.86. The molecule has 0 radical (unpaired) electrons. The lowest BCUT2D eigenvalue weighted by Crippen LogP contribution is -2.43. The van der Waals surface area contributed by atoms with Crippen molar-refractivity contribution in [3.63, 3.8) is 0 Å². The summed E-state index contributed by atoms with van der Waals surface area (Å²) in [5.41, 5.74) is -0.186. The van der Waals surface area contributed by atoms with Gasteiger partial charge in [0.15, 0.2) is 0 Å². The molecule has 22 heavy (non-hydrogen) atoms. The third-order valence-electron chi connectivity index (χ3n) is 3.66. The number of halogens is 4. The van der Waals surface area contributed by atoms with Gasteiger partial charge in [0.05, 0.1) is 24.8 Å². The predicted octanol–water partition coefficient (Wildman–Crippen LogP) is 2.59. The second-order valence-electron chi connectivity index (χ2n) is 4.97. The Bertz CT molecular complexity index is 636. The van der Waals surface area contributed by atoms with Gasteiger partial charge in [-0.05, 0) is 12.1 Å². The molecule has 3 rings (SSSR count). The molecule has 0 aromatic heterocycles. The molecule has 8 heteroatoms. The van der Waals surface area contributed by atoms with Crippen molar-refractivity contribution in [3.05, 3.63) is 28.8 Å². The van der Waals surface area contributed by atoms with E-state index in [0.717, 1.165) is 0 Å². The molecule has 1 aromatic rings. The molecule has 1 aliphatic heterocycles. The van der Waals surface area contributed by atoms with Crippen LogP contribution in [0.4, 0.5) is 17.6 Å². The molecule has 1 fully saturated rings. The summed E-state index contributed by atoms with van der Waals surface area (Å²) in [6.07, 6.45) is -3.53. The van der Waals surface area contributed by atoms with Gasteiger partial charge in [-0.25, -0.2) is 8.78 Å². The Morgan fingerprint density at radius 1 is 1.27 bits per heavy atom. The van der Waals surface area contributed by atoms with E-state index < -0.39 is 31.2 Å². The zero-order valence-corrected chi connectivity index (χ0v) is 11.2. The molecule has 0 bridgehead atoms. The van der Waals surface area contributed by atoms with Gasteiger partial charge < -0.3 is 14.2 Å². The monoisotopic (exact) mass is 317 g/mol. The highest BCUT2D eigenvalue weighted by Crippen LogP contribution is 2.56. The van der Waals surface area contributed by atoms with E-state index >= 15 is 0 Å². The number of rotatable bonds is 3. The molecule has 1 aromatic carbocycles. The van der Waals surface area contributed by atoms with Crippen LogP contribution in [-0.2, 0) is 21.7 Å². The zero-order chi connectivity index (χ0) is 16.0. The van der Waals surface area contributed by atoms with Gasteiger partial charge in [-0.3, -0.25) is 0 Å². The van der Waals surface area contributed by atoms with Gasteiger partial charge in [-0.2, -0.15) is 14.0 Å². The first-order valence-electron chi connectivity index (χ1n) is 6.54. The quantitative estimate of drug-likeness (QED) is 0.804. The largest absolute Gasteiger partial charge is 0.487 e. The highest BCUT2D eigenvalue weighted by atomic mass is 19.3. The molecule has 1 heterocycles. The minimum atomic E-state index is -3.41. The third kappa shape index (κ3) is 2.04. The molecule has 0 saturated carbocycles. The van der Waals surface area contributed by atoms with Crippen LogP contribution in [0.1, 0.15) is 16.7 Å². The highest BCUT2D eigenvalue weighted by molar-refractivity contribution is 5.56. The maximum absolute atomic E-state index is 14.4. The molecule has 1 saturated heterocycles. The fraction of sp³-hybridized carbons (Fsp3) is 0.500. The van der Waals surface area contributed by atoms with Crippen molar-refractivity contribution < 1.29 is 31.8 Å². The fourth-order valence-corrected chi connectivity index (χ4v) is 2.85. The summed E-state index contributed by atoms with van der Waals surface area (Å²) in [6.45, 7) is -0.997. The van der Waals surface area contributed by atoms with Crippen LogP contribution in [0.3, 0.4) is 0 Å². The van der Waals surface area contributed by atoms with Crippen LogP contribution in [-0.4, -0.2) is 32.2 Å². The highest BCUT2D eigenvalue weighted by Gasteiger charge is 2.66. The lowest BCUT2D eigenvalue weighted by atomic mass is 9.99. The van der Waals surface area contributed by atoms with E-state index in [1.807, 2.05) is 6.07 Å². The normalized spacial score (nSPS) is 21.1. The molecule has 118 valence electrons. The SMILES string of the molecule is N#Cc1ccc(OCC(F)F)c2c1C1(OCCO1)C(F)(F)C2. The van der Waals surface area contributed by atoms with Crippen LogP contribution in [0.15, 0.2) is 12.1 Å². The van der Waals surface area contributed by atoms with E-state index in [1.54, 1.807) is 0 Å². The van der Waals surface area contributed by atoms with E-state index in [-0.39, 0.29) is 35.7 Å². The Balaban J connectivity index is 2.13. The van der Waals surface area contributed by atoms with Crippen LogP contribution in [0.25, 0.3) is 0 Å². The maximum Gasteiger partial charge on any atom is 0.309 e. The molecule has 1 aliphatic carbocycles. The summed E-state index contributed by atoms with van der Waals surface area (Å²) >= 11 is 0. The standard InChI is InChI=1S/C14H11F4NO3/c15-11(16)7-20-10-2-1-8(6-19)12-9(10)5-13(17,18)14(12)21-3-4-22-14/h1-2,11H,3-5,7H2. The average Bonchev–Trinajstić information content (AvgIpc) is 3.03. The van der Waals surface area contributed by atoms with Crippen molar-refractivity contribution in [3.8, 4) is 11.8 Å². The van der Waals surface area contributed by atoms with Crippen molar-refractivity contribution in [1.29, 1.82) is 5.26 Å². The minimum absolute atomic E-state index is 0.0217. The third-order valence-corrected chi connectivity index (χ3v) is 3.66. The summed E-state index contributed by atoms with van der Waals surface area (Å²) < 4.78 is 68.6. The van der Waals surface area contributed by atoms with Crippen molar-refractivity contribution >= 4 is 0 Å². The topological polar surface area (TPSA) is 51.5 Å². The first-order valence-corrected chi connectivity index (χ1v) is 6.54. The van der Waals surface area contributed by atoms with E-state index in [2.05, 4.69) is 0 Å². The minimum Gasteiger partial charge on any atom is -0.487 e. The molecular weight excluding hydrogens is 306 g/mol. The van der Waals surface area contributed by atoms with Gasteiger partial charge in [0.1, 0.15) is 12.4 Å². The molecule has 4 nitrogen and oxygen atoms in total. The van der Waals surface area contributed by atoms with Crippen LogP contribution in [0, 0.1) is 11.3 Å². The van der Waals surface area contributed by atoms with Crippen molar-refractivity contribution in [2.24, 2.45) is 0 Å². The maximum atomic E-state index is 14.4. The number of benzene rings is 1. The summed E-state index contributed by atoms with van der Waals surface area (Å²) in [6, 6.07) is 4.30. The Labute approximate surface area is 123 Å². The molecule has 0 unspecified atom stereocenters. The first-order chi connectivity index (χ1) is 10.4. The molecule has 0 amide bonds. The molecule has 0 N–H and O–H groups in total. The number of nitriles is 1. The van der Waals surface area contributed by atoms with Crippen molar-refractivity contribution in [2.75, 3.05) is 19.8 Å². The lowest BCUT2D eigenvalue weighted by Gasteiger charge is -2.29. The zero-order valence-electron chi connectivity index (χ0n) is 11.2. The van der Waals surface area contributed by atoms with Gasteiger partial charge >= 0.3 is 5.92 Å². The van der Waals surface area contributed by atoms with E-state index in [1.165, 1.54) is 12.1 Å². The number of fused-ring (bicyclic) bond motifs is 2. The summed E-state index contributed by atoms with van der Waals surface area (Å²) in [7, 11) is 0. The van der Waals surface area contributed by atoms with Crippen molar-refractivity contribution in [2.45, 2.75) is 24.6 Å². The number of hydrogen-bond acceptors (Lipinski definition) is 4. The predicted molar refractivity (Wildman–Crippen MR) is 64.9 cm³/mol. The Kier molecular flexibility index (Phi) is 3.50. The van der Waals surface area contributed by atoms with Gasteiger partial charge in [0.2, 0.25) is 0 Å². The second kappa shape index (κ2) is 5.11. The molecular formula is C14H11F4NO3.